The summed E-state index contributed by atoms with van der Waals surface area (Å²) < 4.78 is 9.74. The standard InChI is InChI=1S/C10H8O3/c11-10-6-9(12-7-13-10)8-4-2-1-3-5-8/h1-6H,7H2. The van der Waals surface area contributed by atoms with Gasteiger partial charge in [-0.3, -0.25) is 0 Å². The first-order valence-corrected chi connectivity index (χ1v) is 3.93. The molecule has 3 nitrogen and oxygen atoms in total. The van der Waals surface area contributed by atoms with Crippen LogP contribution in [0.2, 0.25) is 0 Å². The fourth-order valence-corrected chi connectivity index (χ4v) is 1.11. The molecule has 1 aromatic carbocycles. The second kappa shape index (κ2) is 3.31. The second-order valence-corrected chi connectivity index (χ2v) is 2.60. The van der Waals surface area contributed by atoms with Crippen LogP contribution in [0.1, 0.15) is 5.56 Å². The van der Waals surface area contributed by atoms with Gasteiger partial charge in [0, 0.05) is 5.56 Å². The summed E-state index contributed by atoms with van der Waals surface area (Å²) in [4.78, 5) is 10.9. The lowest BCUT2D eigenvalue weighted by Crippen LogP contribution is -2.12. The molecule has 0 saturated carbocycles. The van der Waals surface area contributed by atoms with Gasteiger partial charge in [0.25, 0.3) is 0 Å². The van der Waals surface area contributed by atoms with Gasteiger partial charge in [-0.15, -0.1) is 0 Å². The van der Waals surface area contributed by atoms with E-state index in [2.05, 4.69) is 4.74 Å². The van der Waals surface area contributed by atoms with Crippen LogP contribution >= 0.6 is 0 Å². The van der Waals surface area contributed by atoms with Crippen LogP contribution in [0.4, 0.5) is 0 Å². The first kappa shape index (κ1) is 7.86. The zero-order chi connectivity index (χ0) is 9.10. The zero-order valence-corrected chi connectivity index (χ0v) is 6.90. The Hall–Kier alpha value is -1.77. The summed E-state index contributed by atoms with van der Waals surface area (Å²) in [6.07, 6.45) is 1.35. The minimum atomic E-state index is -0.356. The van der Waals surface area contributed by atoms with E-state index in [4.69, 9.17) is 4.74 Å². The van der Waals surface area contributed by atoms with Gasteiger partial charge in [-0.2, -0.15) is 0 Å². The van der Waals surface area contributed by atoms with Gasteiger partial charge in [-0.05, 0) is 0 Å². The van der Waals surface area contributed by atoms with Gasteiger partial charge in [0.1, 0.15) is 5.76 Å². The quantitative estimate of drug-likeness (QED) is 0.609. The van der Waals surface area contributed by atoms with E-state index in [9.17, 15) is 4.79 Å². The molecule has 0 saturated heterocycles. The summed E-state index contributed by atoms with van der Waals surface area (Å²) in [5.74, 6) is 0.210. The van der Waals surface area contributed by atoms with E-state index in [0.717, 1.165) is 5.56 Å². The monoisotopic (exact) mass is 176 g/mol. The Morgan fingerprint density at radius 1 is 1.08 bits per heavy atom. The van der Waals surface area contributed by atoms with E-state index in [1.54, 1.807) is 0 Å². The summed E-state index contributed by atoms with van der Waals surface area (Å²) in [6, 6.07) is 9.44. The number of benzene rings is 1. The van der Waals surface area contributed by atoms with E-state index in [1.807, 2.05) is 30.3 Å². The van der Waals surface area contributed by atoms with E-state index in [-0.39, 0.29) is 12.8 Å². The van der Waals surface area contributed by atoms with Crippen LogP contribution in [0, 0.1) is 0 Å². The average Bonchev–Trinajstić information content (AvgIpc) is 2.19. The Morgan fingerprint density at radius 3 is 2.54 bits per heavy atom. The molecule has 1 aromatic rings. The minimum Gasteiger partial charge on any atom is -0.456 e. The lowest BCUT2D eigenvalue weighted by molar-refractivity contribution is -0.148. The highest BCUT2D eigenvalue weighted by atomic mass is 16.7. The molecule has 0 atom stereocenters. The molecule has 1 heterocycles. The molecule has 0 aliphatic carbocycles. The Balaban J connectivity index is 2.31. The summed E-state index contributed by atoms with van der Waals surface area (Å²) in [6.45, 7) is -0.000436. The van der Waals surface area contributed by atoms with E-state index < -0.39 is 0 Å². The molecule has 0 N–H and O–H groups in total. The van der Waals surface area contributed by atoms with Crippen molar-refractivity contribution >= 4 is 11.7 Å². The number of carbonyl (C=O) groups excluding carboxylic acids is 1. The molecule has 0 fully saturated rings. The highest BCUT2D eigenvalue weighted by Crippen LogP contribution is 2.18. The Kier molecular flexibility index (Phi) is 2.00. The lowest BCUT2D eigenvalue weighted by atomic mass is 10.2. The van der Waals surface area contributed by atoms with E-state index in [0.29, 0.717) is 5.76 Å². The molecule has 3 heteroatoms. The Morgan fingerprint density at radius 2 is 1.85 bits per heavy atom. The van der Waals surface area contributed by atoms with E-state index in [1.165, 1.54) is 6.08 Å². The van der Waals surface area contributed by atoms with Crippen molar-refractivity contribution in [3.05, 3.63) is 42.0 Å². The summed E-state index contributed by atoms with van der Waals surface area (Å²) in [5.41, 5.74) is 0.888. The molecule has 0 unspecified atom stereocenters. The third kappa shape index (κ3) is 1.69. The van der Waals surface area contributed by atoms with Crippen molar-refractivity contribution in [2.75, 3.05) is 6.79 Å². The topological polar surface area (TPSA) is 35.5 Å². The fourth-order valence-electron chi connectivity index (χ4n) is 1.11. The van der Waals surface area contributed by atoms with Crippen LogP contribution in [-0.2, 0) is 14.3 Å². The number of esters is 1. The van der Waals surface area contributed by atoms with Crippen molar-refractivity contribution < 1.29 is 14.3 Å². The second-order valence-electron chi connectivity index (χ2n) is 2.60. The van der Waals surface area contributed by atoms with Crippen LogP contribution in [0.25, 0.3) is 5.76 Å². The molecule has 0 amide bonds. The smallest absolute Gasteiger partial charge is 0.337 e. The third-order valence-electron chi connectivity index (χ3n) is 1.72. The summed E-state index contributed by atoms with van der Waals surface area (Å²) in [5, 5.41) is 0. The van der Waals surface area contributed by atoms with Crippen molar-refractivity contribution in [2.45, 2.75) is 0 Å². The largest absolute Gasteiger partial charge is 0.456 e. The van der Waals surface area contributed by atoms with Gasteiger partial charge in [-0.1, -0.05) is 30.3 Å². The number of ether oxygens (including phenoxy) is 2. The number of carbonyl (C=O) groups is 1. The SMILES string of the molecule is O=C1C=C(c2ccccc2)OCO1. The van der Waals surface area contributed by atoms with Crippen molar-refractivity contribution in [3.63, 3.8) is 0 Å². The van der Waals surface area contributed by atoms with Crippen LogP contribution < -0.4 is 0 Å². The molecule has 0 radical (unpaired) electrons. The normalized spacial score (nSPS) is 15.7. The van der Waals surface area contributed by atoms with Gasteiger partial charge < -0.3 is 9.47 Å². The zero-order valence-electron chi connectivity index (χ0n) is 6.90. The number of cyclic esters (lactones) is 1. The van der Waals surface area contributed by atoms with Crippen molar-refractivity contribution in [1.29, 1.82) is 0 Å². The molecule has 0 aromatic heterocycles. The van der Waals surface area contributed by atoms with Crippen LogP contribution in [0.3, 0.4) is 0 Å². The third-order valence-corrected chi connectivity index (χ3v) is 1.72. The Labute approximate surface area is 75.6 Å². The highest BCUT2D eigenvalue weighted by Gasteiger charge is 2.12. The molecule has 2 rings (SSSR count). The van der Waals surface area contributed by atoms with Crippen molar-refractivity contribution in [1.82, 2.24) is 0 Å². The number of hydrogen-bond donors (Lipinski definition) is 0. The minimum absolute atomic E-state index is 0.000436. The van der Waals surface area contributed by atoms with Crippen LogP contribution in [-0.4, -0.2) is 12.8 Å². The molecular formula is C10H8O3. The number of rotatable bonds is 1. The first-order chi connectivity index (χ1) is 6.36. The van der Waals surface area contributed by atoms with E-state index >= 15 is 0 Å². The van der Waals surface area contributed by atoms with Crippen molar-refractivity contribution in [2.24, 2.45) is 0 Å². The van der Waals surface area contributed by atoms with Gasteiger partial charge in [0.2, 0.25) is 6.79 Å². The predicted molar refractivity (Wildman–Crippen MR) is 46.5 cm³/mol. The predicted octanol–water partition coefficient (Wildman–Crippen LogP) is 1.56. The molecule has 66 valence electrons. The maximum absolute atomic E-state index is 10.9. The molecule has 0 spiro atoms. The maximum Gasteiger partial charge on any atom is 0.337 e. The van der Waals surface area contributed by atoms with Gasteiger partial charge in [0.15, 0.2) is 0 Å². The molecule has 1 aliphatic rings. The maximum atomic E-state index is 10.9. The summed E-state index contributed by atoms with van der Waals surface area (Å²) >= 11 is 0. The van der Waals surface area contributed by atoms with Crippen LogP contribution in [0.15, 0.2) is 36.4 Å². The average molecular weight is 176 g/mol. The molecule has 0 bridgehead atoms. The van der Waals surface area contributed by atoms with Crippen molar-refractivity contribution in [3.8, 4) is 0 Å². The fraction of sp³-hybridized carbons (Fsp3) is 0.100. The van der Waals surface area contributed by atoms with Gasteiger partial charge in [0.05, 0.1) is 6.08 Å². The number of hydrogen-bond acceptors (Lipinski definition) is 3. The Bertz CT molecular complexity index is 340. The molecule has 1 aliphatic heterocycles. The van der Waals surface area contributed by atoms with Gasteiger partial charge in [-0.25, -0.2) is 4.79 Å². The molecular weight excluding hydrogens is 168 g/mol. The lowest BCUT2D eigenvalue weighted by Gasteiger charge is -2.14. The molecule has 13 heavy (non-hydrogen) atoms. The summed E-state index contributed by atoms with van der Waals surface area (Å²) in [7, 11) is 0. The van der Waals surface area contributed by atoms with Crippen LogP contribution in [0.5, 0.6) is 0 Å². The highest BCUT2D eigenvalue weighted by molar-refractivity contribution is 5.90. The van der Waals surface area contributed by atoms with Gasteiger partial charge >= 0.3 is 5.97 Å². The first-order valence-electron chi connectivity index (χ1n) is 3.93.